The lowest BCUT2D eigenvalue weighted by molar-refractivity contribution is 0.367. The molecular formula is C12H23ClN6. The molecule has 0 aliphatic heterocycles. The fraction of sp³-hybridized carbons (Fsp3) is 0.750. The average molecular weight is 287 g/mol. The van der Waals surface area contributed by atoms with Gasteiger partial charge in [0, 0.05) is 26.2 Å². The van der Waals surface area contributed by atoms with Gasteiger partial charge in [0.1, 0.15) is 0 Å². The number of rotatable bonds is 8. The molecule has 0 fully saturated rings. The van der Waals surface area contributed by atoms with Crippen molar-refractivity contribution in [2.75, 3.05) is 50.0 Å². The lowest BCUT2D eigenvalue weighted by Crippen LogP contribution is -2.27. The molecular weight excluding hydrogens is 264 g/mol. The van der Waals surface area contributed by atoms with E-state index in [1.807, 2.05) is 4.90 Å². The third kappa shape index (κ3) is 5.16. The van der Waals surface area contributed by atoms with Crippen molar-refractivity contribution in [2.24, 2.45) is 0 Å². The van der Waals surface area contributed by atoms with E-state index in [9.17, 15) is 0 Å². The Morgan fingerprint density at radius 2 is 1.74 bits per heavy atom. The molecule has 0 bridgehead atoms. The first-order valence-corrected chi connectivity index (χ1v) is 7.07. The molecule has 0 aromatic carbocycles. The number of hydrogen-bond donors (Lipinski definition) is 1. The van der Waals surface area contributed by atoms with Gasteiger partial charge in [0.2, 0.25) is 17.2 Å². The SMILES string of the molecule is CCN(C)CCNc1nc(Cl)nc(N(CC)CC)n1. The lowest BCUT2D eigenvalue weighted by Gasteiger charge is -2.19. The second kappa shape index (κ2) is 8.12. The summed E-state index contributed by atoms with van der Waals surface area (Å²) in [6.07, 6.45) is 0. The fourth-order valence-electron chi connectivity index (χ4n) is 1.58. The Labute approximate surface area is 120 Å². The van der Waals surface area contributed by atoms with Crippen LogP contribution in [0.25, 0.3) is 0 Å². The second-order valence-corrected chi connectivity index (χ2v) is 4.56. The van der Waals surface area contributed by atoms with E-state index in [2.05, 4.69) is 53.0 Å². The largest absolute Gasteiger partial charge is 0.353 e. The summed E-state index contributed by atoms with van der Waals surface area (Å²) in [5, 5.41) is 3.40. The predicted octanol–water partition coefficient (Wildman–Crippen LogP) is 1.73. The Balaban J connectivity index is 2.68. The van der Waals surface area contributed by atoms with Gasteiger partial charge in [-0.2, -0.15) is 15.0 Å². The summed E-state index contributed by atoms with van der Waals surface area (Å²) >= 11 is 5.94. The molecule has 108 valence electrons. The number of likely N-dealkylation sites (N-methyl/N-ethyl adjacent to an activating group) is 1. The molecule has 0 radical (unpaired) electrons. The molecule has 1 aromatic rings. The van der Waals surface area contributed by atoms with Gasteiger partial charge >= 0.3 is 0 Å². The monoisotopic (exact) mass is 286 g/mol. The molecule has 0 saturated carbocycles. The number of anilines is 2. The highest BCUT2D eigenvalue weighted by Gasteiger charge is 2.09. The quantitative estimate of drug-likeness (QED) is 0.785. The van der Waals surface area contributed by atoms with E-state index in [4.69, 9.17) is 11.6 Å². The molecule has 1 heterocycles. The van der Waals surface area contributed by atoms with Crippen molar-refractivity contribution in [1.82, 2.24) is 19.9 Å². The van der Waals surface area contributed by atoms with Gasteiger partial charge in [0.25, 0.3) is 0 Å². The van der Waals surface area contributed by atoms with E-state index in [0.717, 1.165) is 32.7 Å². The molecule has 0 spiro atoms. The van der Waals surface area contributed by atoms with Crippen LogP contribution < -0.4 is 10.2 Å². The first kappa shape index (κ1) is 15.9. The van der Waals surface area contributed by atoms with Crippen LogP contribution in [0, 0.1) is 0 Å². The lowest BCUT2D eigenvalue weighted by atomic mass is 10.5. The van der Waals surface area contributed by atoms with Gasteiger partial charge in [-0.25, -0.2) is 0 Å². The highest BCUT2D eigenvalue weighted by Crippen LogP contribution is 2.13. The minimum absolute atomic E-state index is 0.225. The molecule has 1 N–H and O–H groups in total. The van der Waals surface area contributed by atoms with E-state index in [1.54, 1.807) is 0 Å². The Hall–Kier alpha value is -1.14. The third-order valence-electron chi connectivity index (χ3n) is 2.96. The molecule has 0 unspecified atom stereocenters. The van der Waals surface area contributed by atoms with Crippen LogP contribution in [0.4, 0.5) is 11.9 Å². The molecule has 0 atom stereocenters. The molecule has 1 aromatic heterocycles. The summed E-state index contributed by atoms with van der Waals surface area (Å²) < 4.78 is 0. The zero-order valence-electron chi connectivity index (χ0n) is 12.1. The van der Waals surface area contributed by atoms with E-state index in [1.165, 1.54) is 0 Å². The van der Waals surface area contributed by atoms with Gasteiger partial charge < -0.3 is 15.1 Å². The van der Waals surface area contributed by atoms with Crippen molar-refractivity contribution in [2.45, 2.75) is 20.8 Å². The van der Waals surface area contributed by atoms with Crippen LogP contribution in [0.1, 0.15) is 20.8 Å². The molecule has 6 nitrogen and oxygen atoms in total. The molecule has 0 saturated heterocycles. The average Bonchev–Trinajstić information content (AvgIpc) is 2.39. The Morgan fingerprint density at radius 1 is 1.05 bits per heavy atom. The summed E-state index contributed by atoms with van der Waals surface area (Å²) in [5.74, 6) is 1.16. The number of nitrogens with zero attached hydrogens (tertiary/aromatic N) is 5. The van der Waals surface area contributed by atoms with Crippen molar-refractivity contribution in [3.8, 4) is 0 Å². The normalized spacial score (nSPS) is 10.8. The maximum Gasteiger partial charge on any atom is 0.231 e. The first-order valence-electron chi connectivity index (χ1n) is 6.69. The van der Waals surface area contributed by atoms with Crippen molar-refractivity contribution < 1.29 is 0 Å². The molecule has 7 heteroatoms. The maximum absolute atomic E-state index is 5.94. The smallest absolute Gasteiger partial charge is 0.231 e. The van der Waals surface area contributed by atoms with E-state index >= 15 is 0 Å². The van der Waals surface area contributed by atoms with Gasteiger partial charge in [0.05, 0.1) is 0 Å². The maximum atomic E-state index is 5.94. The van der Waals surface area contributed by atoms with Crippen LogP contribution >= 0.6 is 11.6 Å². The van der Waals surface area contributed by atoms with Gasteiger partial charge in [-0.15, -0.1) is 0 Å². The van der Waals surface area contributed by atoms with Crippen molar-refractivity contribution >= 4 is 23.5 Å². The van der Waals surface area contributed by atoms with E-state index < -0.39 is 0 Å². The van der Waals surface area contributed by atoms with E-state index in [0.29, 0.717) is 11.9 Å². The van der Waals surface area contributed by atoms with Gasteiger partial charge in [-0.3, -0.25) is 0 Å². The van der Waals surface area contributed by atoms with Crippen LogP contribution in [-0.4, -0.2) is 59.6 Å². The highest BCUT2D eigenvalue weighted by atomic mass is 35.5. The fourth-order valence-corrected chi connectivity index (χ4v) is 1.74. The Morgan fingerprint density at radius 3 is 2.32 bits per heavy atom. The standard InChI is InChI=1S/C12H23ClN6/c1-5-18(4)9-8-14-11-15-10(13)16-12(17-11)19(6-2)7-3/h5-9H2,1-4H3,(H,14,15,16,17). The zero-order valence-corrected chi connectivity index (χ0v) is 12.9. The van der Waals surface area contributed by atoms with Gasteiger partial charge in [-0.1, -0.05) is 6.92 Å². The topological polar surface area (TPSA) is 57.2 Å². The summed E-state index contributed by atoms with van der Waals surface area (Å²) in [5.41, 5.74) is 0. The summed E-state index contributed by atoms with van der Waals surface area (Å²) in [6.45, 7) is 10.7. The predicted molar refractivity (Wildman–Crippen MR) is 80.1 cm³/mol. The van der Waals surface area contributed by atoms with Crippen LogP contribution in [0.15, 0.2) is 0 Å². The molecule has 0 amide bonds. The summed E-state index contributed by atoms with van der Waals surface area (Å²) in [6, 6.07) is 0. The van der Waals surface area contributed by atoms with Gasteiger partial charge in [0.15, 0.2) is 0 Å². The van der Waals surface area contributed by atoms with Crippen LogP contribution in [-0.2, 0) is 0 Å². The van der Waals surface area contributed by atoms with Crippen LogP contribution in [0.3, 0.4) is 0 Å². The number of halogens is 1. The molecule has 19 heavy (non-hydrogen) atoms. The summed E-state index contributed by atoms with van der Waals surface area (Å²) in [4.78, 5) is 16.9. The van der Waals surface area contributed by atoms with Crippen molar-refractivity contribution in [3.63, 3.8) is 0 Å². The minimum atomic E-state index is 0.225. The molecule has 0 aliphatic carbocycles. The highest BCUT2D eigenvalue weighted by molar-refractivity contribution is 6.28. The van der Waals surface area contributed by atoms with Crippen LogP contribution in [0.2, 0.25) is 5.28 Å². The van der Waals surface area contributed by atoms with Gasteiger partial charge in [-0.05, 0) is 39.0 Å². The molecule has 1 rings (SSSR count). The second-order valence-electron chi connectivity index (χ2n) is 4.22. The third-order valence-corrected chi connectivity index (χ3v) is 3.13. The first-order chi connectivity index (χ1) is 9.10. The van der Waals surface area contributed by atoms with Crippen molar-refractivity contribution in [3.05, 3.63) is 5.28 Å². The van der Waals surface area contributed by atoms with Crippen molar-refractivity contribution in [1.29, 1.82) is 0 Å². The Bertz CT molecular complexity index is 382. The number of nitrogens with one attached hydrogen (secondary N) is 1. The Kier molecular flexibility index (Phi) is 6.80. The van der Waals surface area contributed by atoms with Crippen LogP contribution in [0.5, 0.6) is 0 Å². The zero-order chi connectivity index (χ0) is 14.3. The summed E-state index contributed by atoms with van der Waals surface area (Å²) in [7, 11) is 2.07. The van der Waals surface area contributed by atoms with E-state index in [-0.39, 0.29) is 5.28 Å². The molecule has 0 aliphatic rings. The minimum Gasteiger partial charge on any atom is -0.353 e. The number of hydrogen-bond acceptors (Lipinski definition) is 6. The number of aromatic nitrogens is 3.